The van der Waals surface area contributed by atoms with Crippen LogP contribution in [0.4, 0.5) is 11.8 Å². The zero-order valence-electron chi connectivity index (χ0n) is 21.9. The first-order chi connectivity index (χ1) is 18.4. The van der Waals surface area contributed by atoms with Gasteiger partial charge in [0.05, 0.1) is 30.3 Å². The normalized spacial score (nSPS) is 13.9. The molecule has 5 heterocycles. The minimum absolute atomic E-state index is 0.123. The highest BCUT2D eigenvalue weighted by atomic mass is 35.5. The highest BCUT2D eigenvalue weighted by Crippen LogP contribution is 2.29. The summed E-state index contributed by atoms with van der Waals surface area (Å²) in [6.07, 6.45) is 6.37. The second-order valence-electron chi connectivity index (χ2n) is 9.36. The third-order valence-electron chi connectivity index (χ3n) is 6.88. The van der Waals surface area contributed by atoms with Crippen molar-refractivity contribution in [2.45, 2.75) is 26.8 Å². The number of aryl methyl sites for hydroxylation is 1. The van der Waals surface area contributed by atoms with Gasteiger partial charge in [-0.15, -0.1) is 0 Å². The molecule has 0 aliphatic carbocycles. The van der Waals surface area contributed by atoms with Gasteiger partial charge in [-0.2, -0.15) is 4.98 Å². The van der Waals surface area contributed by atoms with Crippen LogP contribution < -0.4 is 15.4 Å². The molecule has 1 aliphatic rings. The van der Waals surface area contributed by atoms with E-state index in [1.165, 1.54) is 0 Å². The van der Waals surface area contributed by atoms with Crippen LogP contribution in [0.3, 0.4) is 0 Å². The standard InChI is InChI=1S/C28H31ClN8O/c1-19-16-32-22(20(2)25(19)38-3)18-37-17-21(24-26(29)33-28(30)34-27(24)37)8-5-7-11-35-12-14-36(15-13-35)23-9-4-6-10-31-23/h4,6,9-10,16-17H,7,11-15,18H2,1-3H3,(H2,30,33,34). The van der Waals surface area contributed by atoms with Crippen molar-refractivity contribution < 1.29 is 4.74 Å². The number of nitrogen functional groups attached to an aromatic ring is 1. The second-order valence-corrected chi connectivity index (χ2v) is 9.71. The number of anilines is 2. The SMILES string of the molecule is COc1c(C)cnc(Cn2cc(C#CCCN3CCN(c4ccccn4)CC3)c3c(Cl)nc(N)nc32)c1C. The van der Waals surface area contributed by atoms with E-state index in [0.717, 1.165) is 73.1 Å². The molecule has 9 nitrogen and oxygen atoms in total. The van der Waals surface area contributed by atoms with Gasteiger partial charge in [-0.05, 0) is 26.0 Å². The Morgan fingerprint density at radius 1 is 1.11 bits per heavy atom. The number of fused-ring (bicyclic) bond motifs is 1. The summed E-state index contributed by atoms with van der Waals surface area (Å²) in [7, 11) is 1.67. The average molecular weight is 531 g/mol. The van der Waals surface area contributed by atoms with Crippen molar-refractivity contribution in [1.82, 2.24) is 29.4 Å². The molecule has 0 bridgehead atoms. The monoisotopic (exact) mass is 530 g/mol. The highest BCUT2D eigenvalue weighted by molar-refractivity contribution is 6.34. The molecule has 5 rings (SSSR count). The number of hydrogen-bond donors (Lipinski definition) is 1. The average Bonchev–Trinajstić information content (AvgIpc) is 3.26. The van der Waals surface area contributed by atoms with Crippen LogP contribution >= 0.6 is 11.6 Å². The van der Waals surface area contributed by atoms with Crippen LogP contribution in [0.2, 0.25) is 5.15 Å². The van der Waals surface area contributed by atoms with Crippen molar-refractivity contribution in [3.05, 3.63) is 64.3 Å². The molecule has 0 unspecified atom stereocenters. The Labute approximate surface area is 227 Å². The number of methoxy groups -OCH3 is 1. The Kier molecular flexibility index (Phi) is 7.63. The topological polar surface area (TPSA) is 98.2 Å². The number of nitrogens with two attached hydrogens (primary N) is 1. The molecule has 0 amide bonds. The minimum atomic E-state index is 0.123. The summed E-state index contributed by atoms with van der Waals surface area (Å²) >= 11 is 6.52. The molecule has 0 atom stereocenters. The van der Waals surface area contributed by atoms with Crippen molar-refractivity contribution in [3.8, 4) is 17.6 Å². The highest BCUT2D eigenvalue weighted by Gasteiger charge is 2.18. The van der Waals surface area contributed by atoms with E-state index in [2.05, 4.69) is 47.6 Å². The number of rotatable bonds is 6. The summed E-state index contributed by atoms with van der Waals surface area (Å²) in [5, 5.41) is 1.00. The predicted octanol–water partition coefficient (Wildman–Crippen LogP) is 3.69. The van der Waals surface area contributed by atoms with E-state index < -0.39 is 0 Å². The predicted molar refractivity (Wildman–Crippen MR) is 151 cm³/mol. The molecule has 4 aromatic rings. The van der Waals surface area contributed by atoms with Crippen molar-refractivity contribution in [2.75, 3.05) is 50.5 Å². The van der Waals surface area contributed by atoms with E-state index in [9.17, 15) is 0 Å². The molecule has 38 heavy (non-hydrogen) atoms. The summed E-state index contributed by atoms with van der Waals surface area (Å²) in [6.45, 7) is 9.28. The maximum Gasteiger partial charge on any atom is 0.223 e. The van der Waals surface area contributed by atoms with Crippen LogP contribution in [0.5, 0.6) is 5.75 Å². The van der Waals surface area contributed by atoms with Crippen LogP contribution in [-0.2, 0) is 6.54 Å². The Morgan fingerprint density at radius 2 is 1.92 bits per heavy atom. The molecule has 0 saturated carbocycles. The van der Waals surface area contributed by atoms with E-state index in [1.54, 1.807) is 7.11 Å². The molecule has 2 N–H and O–H groups in total. The molecule has 1 saturated heterocycles. The lowest BCUT2D eigenvalue weighted by molar-refractivity contribution is 0.263. The Hall–Kier alpha value is -3.87. The van der Waals surface area contributed by atoms with Crippen LogP contribution in [-0.4, -0.2) is 69.2 Å². The fourth-order valence-electron chi connectivity index (χ4n) is 4.88. The third-order valence-corrected chi connectivity index (χ3v) is 7.15. The van der Waals surface area contributed by atoms with Crippen molar-refractivity contribution in [2.24, 2.45) is 0 Å². The van der Waals surface area contributed by atoms with E-state index in [0.29, 0.717) is 22.7 Å². The Bertz CT molecular complexity index is 1500. The molecular weight excluding hydrogens is 500 g/mol. The van der Waals surface area contributed by atoms with Gasteiger partial charge in [0.1, 0.15) is 22.4 Å². The largest absolute Gasteiger partial charge is 0.496 e. The number of pyridine rings is 2. The number of ether oxygens (including phenoxy) is 1. The van der Waals surface area contributed by atoms with E-state index in [4.69, 9.17) is 22.1 Å². The number of hydrogen-bond acceptors (Lipinski definition) is 8. The summed E-state index contributed by atoms with van der Waals surface area (Å²) in [6, 6.07) is 6.04. The number of nitrogens with zero attached hydrogens (tertiary/aromatic N) is 7. The van der Waals surface area contributed by atoms with Crippen molar-refractivity contribution in [3.63, 3.8) is 0 Å². The lowest BCUT2D eigenvalue weighted by Crippen LogP contribution is -2.46. The smallest absolute Gasteiger partial charge is 0.223 e. The van der Waals surface area contributed by atoms with Crippen molar-refractivity contribution in [1.29, 1.82) is 0 Å². The molecular formula is C28H31ClN8O. The molecule has 0 aromatic carbocycles. The van der Waals surface area contributed by atoms with E-state index in [1.807, 2.05) is 49.1 Å². The second kappa shape index (κ2) is 11.3. The molecule has 1 aliphatic heterocycles. The summed E-state index contributed by atoms with van der Waals surface area (Å²) in [5.74, 6) is 8.63. The minimum Gasteiger partial charge on any atom is -0.496 e. The molecule has 0 radical (unpaired) electrons. The van der Waals surface area contributed by atoms with Gasteiger partial charge in [0.25, 0.3) is 0 Å². The molecule has 1 fully saturated rings. The number of halogens is 1. The van der Waals surface area contributed by atoms with E-state index >= 15 is 0 Å². The number of aromatic nitrogens is 5. The number of piperazine rings is 1. The van der Waals surface area contributed by atoms with Crippen molar-refractivity contribution >= 4 is 34.4 Å². The molecule has 10 heteroatoms. The van der Waals surface area contributed by atoms with Gasteiger partial charge in [0, 0.05) is 68.9 Å². The van der Waals surface area contributed by atoms with Crippen LogP contribution in [0, 0.1) is 25.7 Å². The van der Waals surface area contributed by atoms with Gasteiger partial charge in [0.15, 0.2) is 0 Å². The lowest BCUT2D eigenvalue weighted by atomic mass is 10.1. The van der Waals surface area contributed by atoms with Crippen LogP contribution in [0.15, 0.2) is 36.8 Å². The molecule has 196 valence electrons. The lowest BCUT2D eigenvalue weighted by Gasteiger charge is -2.35. The van der Waals surface area contributed by atoms with Gasteiger partial charge in [-0.25, -0.2) is 9.97 Å². The van der Waals surface area contributed by atoms with Gasteiger partial charge in [-0.1, -0.05) is 29.5 Å². The third kappa shape index (κ3) is 5.37. The zero-order chi connectivity index (χ0) is 26.6. The van der Waals surface area contributed by atoms with Crippen LogP contribution in [0.25, 0.3) is 11.0 Å². The first-order valence-electron chi connectivity index (χ1n) is 12.6. The Morgan fingerprint density at radius 3 is 2.66 bits per heavy atom. The quantitative estimate of drug-likeness (QED) is 0.298. The zero-order valence-corrected chi connectivity index (χ0v) is 22.7. The first kappa shape index (κ1) is 25.8. The summed E-state index contributed by atoms with van der Waals surface area (Å²) in [5.41, 5.74) is 10.2. The molecule has 0 spiro atoms. The maximum absolute atomic E-state index is 6.52. The van der Waals surface area contributed by atoms with E-state index in [-0.39, 0.29) is 5.95 Å². The fraction of sp³-hybridized carbons (Fsp3) is 0.357. The Balaban J connectivity index is 1.31. The van der Waals surface area contributed by atoms with Gasteiger partial charge in [0.2, 0.25) is 5.95 Å². The first-order valence-corrected chi connectivity index (χ1v) is 13.0. The van der Waals surface area contributed by atoms with Gasteiger partial charge >= 0.3 is 0 Å². The maximum atomic E-state index is 6.52. The summed E-state index contributed by atoms with van der Waals surface area (Å²) in [4.78, 5) is 22.5. The van der Waals surface area contributed by atoms with Crippen LogP contribution in [0.1, 0.15) is 28.8 Å². The molecule has 4 aromatic heterocycles. The van der Waals surface area contributed by atoms with Gasteiger partial charge < -0.3 is 19.9 Å². The fourth-order valence-corrected chi connectivity index (χ4v) is 5.15. The van der Waals surface area contributed by atoms with Gasteiger partial charge in [-0.3, -0.25) is 9.88 Å². The summed E-state index contributed by atoms with van der Waals surface area (Å²) < 4.78 is 7.56.